The number of hydrogen-bond donors (Lipinski definition) is 2. The van der Waals surface area contributed by atoms with Gasteiger partial charge in [0.1, 0.15) is 17.3 Å². The molecular weight excluding hydrogens is 433 g/mol. The number of benzene rings is 2. The Morgan fingerprint density at radius 1 is 1.03 bits per heavy atom. The van der Waals surface area contributed by atoms with Gasteiger partial charge in [-0.25, -0.2) is 8.42 Å². The summed E-state index contributed by atoms with van der Waals surface area (Å²) in [5.41, 5.74) is 2.24. The van der Waals surface area contributed by atoms with Crippen LogP contribution >= 0.6 is 24.0 Å². The van der Waals surface area contributed by atoms with Crippen LogP contribution in [0.3, 0.4) is 0 Å². The van der Waals surface area contributed by atoms with Crippen LogP contribution in [0.25, 0.3) is 0 Å². The van der Waals surface area contributed by atoms with Gasteiger partial charge < -0.3 is 10.1 Å². The lowest BCUT2D eigenvalue weighted by Gasteiger charge is -2.13. The normalized spacial score (nSPS) is 10.7. The minimum Gasteiger partial charge on any atom is -0.492 e. The zero-order chi connectivity index (χ0) is 20.0. The Morgan fingerprint density at radius 2 is 1.76 bits per heavy atom. The maximum atomic E-state index is 12.6. The number of aryl methyl sites for hydroxylation is 1. The van der Waals surface area contributed by atoms with Crippen LogP contribution < -0.4 is 14.8 Å². The van der Waals surface area contributed by atoms with Gasteiger partial charge in [0.05, 0.1) is 10.7 Å². The van der Waals surface area contributed by atoms with Gasteiger partial charge in [-0.15, -0.1) is 12.4 Å². The van der Waals surface area contributed by atoms with Gasteiger partial charge in [-0.1, -0.05) is 23.7 Å². The summed E-state index contributed by atoms with van der Waals surface area (Å²) in [6.45, 7) is 2.89. The SMILES string of the molecule is Cc1cc(NS(=O)(=O)c2ccccc2Cl)cc(OCCNc2ccncc2)c1.Cl. The molecule has 0 aliphatic rings. The van der Waals surface area contributed by atoms with Gasteiger partial charge in [0, 0.05) is 30.7 Å². The van der Waals surface area contributed by atoms with Gasteiger partial charge in [-0.05, 0) is 48.9 Å². The van der Waals surface area contributed by atoms with Gasteiger partial charge in [-0.3, -0.25) is 9.71 Å². The van der Waals surface area contributed by atoms with Crippen molar-refractivity contribution in [1.82, 2.24) is 4.98 Å². The highest BCUT2D eigenvalue weighted by Gasteiger charge is 2.18. The van der Waals surface area contributed by atoms with Crippen LogP contribution in [0.1, 0.15) is 5.56 Å². The second kappa shape index (κ2) is 10.3. The number of nitrogens with zero attached hydrogens (tertiary/aromatic N) is 1. The minimum atomic E-state index is -3.79. The number of aromatic nitrogens is 1. The van der Waals surface area contributed by atoms with Crippen molar-refractivity contribution in [3.63, 3.8) is 0 Å². The Balaban J connectivity index is 0.00000300. The highest BCUT2D eigenvalue weighted by molar-refractivity contribution is 7.92. The van der Waals surface area contributed by atoms with E-state index in [1.165, 1.54) is 12.1 Å². The van der Waals surface area contributed by atoms with Gasteiger partial charge in [0.15, 0.2) is 0 Å². The molecule has 1 aromatic heterocycles. The number of ether oxygens (including phenoxy) is 1. The maximum absolute atomic E-state index is 12.6. The number of pyridine rings is 1. The zero-order valence-corrected chi connectivity index (χ0v) is 18.0. The van der Waals surface area contributed by atoms with Crippen LogP contribution in [0, 0.1) is 6.92 Å². The largest absolute Gasteiger partial charge is 0.492 e. The summed E-state index contributed by atoms with van der Waals surface area (Å²) < 4.78 is 33.5. The summed E-state index contributed by atoms with van der Waals surface area (Å²) in [7, 11) is -3.79. The lowest BCUT2D eigenvalue weighted by Crippen LogP contribution is -2.14. The number of hydrogen-bond acceptors (Lipinski definition) is 5. The molecule has 0 spiro atoms. The summed E-state index contributed by atoms with van der Waals surface area (Å²) in [5.74, 6) is 0.577. The first-order chi connectivity index (χ1) is 13.4. The highest BCUT2D eigenvalue weighted by atomic mass is 35.5. The third kappa shape index (κ3) is 6.52. The summed E-state index contributed by atoms with van der Waals surface area (Å²) in [5, 5.41) is 3.39. The average molecular weight is 454 g/mol. The topological polar surface area (TPSA) is 80.3 Å². The van der Waals surface area contributed by atoms with E-state index in [9.17, 15) is 8.42 Å². The molecule has 0 fully saturated rings. The Kier molecular flexibility index (Phi) is 8.13. The van der Waals surface area contributed by atoms with E-state index in [0.29, 0.717) is 24.6 Å². The molecule has 0 amide bonds. The van der Waals surface area contributed by atoms with Crippen LogP contribution in [-0.4, -0.2) is 26.6 Å². The fourth-order valence-corrected chi connectivity index (χ4v) is 4.16. The zero-order valence-electron chi connectivity index (χ0n) is 15.6. The smallest absolute Gasteiger partial charge is 0.263 e. The van der Waals surface area contributed by atoms with Gasteiger partial charge in [-0.2, -0.15) is 0 Å². The lowest BCUT2D eigenvalue weighted by molar-refractivity contribution is 0.333. The standard InChI is InChI=1S/C20H20ClN3O3S.ClH/c1-15-12-17(24-28(25,26)20-5-3-2-4-19(20)21)14-18(13-15)27-11-10-23-16-6-8-22-9-7-16;/h2-9,12-14,24H,10-11H2,1H3,(H,22,23);1H. The molecule has 0 unspecified atom stereocenters. The molecule has 0 radical (unpaired) electrons. The van der Waals surface area contributed by atoms with E-state index in [0.717, 1.165) is 11.3 Å². The third-order valence-electron chi connectivity index (χ3n) is 3.81. The first kappa shape index (κ1) is 22.8. The second-order valence-electron chi connectivity index (χ2n) is 6.08. The predicted octanol–water partition coefficient (Wildman–Crippen LogP) is 4.76. The number of rotatable bonds is 8. The maximum Gasteiger partial charge on any atom is 0.263 e. The number of anilines is 2. The van der Waals surface area contributed by atoms with E-state index in [2.05, 4.69) is 15.0 Å². The highest BCUT2D eigenvalue weighted by Crippen LogP contribution is 2.26. The average Bonchev–Trinajstić information content (AvgIpc) is 2.65. The second-order valence-corrected chi connectivity index (χ2v) is 8.14. The molecule has 1 heterocycles. The third-order valence-corrected chi connectivity index (χ3v) is 5.69. The molecule has 0 saturated carbocycles. The number of sulfonamides is 1. The molecule has 0 bridgehead atoms. The molecule has 3 rings (SSSR count). The van der Waals surface area contributed by atoms with Crippen molar-refractivity contribution in [1.29, 1.82) is 0 Å². The monoisotopic (exact) mass is 453 g/mol. The van der Waals surface area contributed by atoms with Gasteiger partial charge >= 0.3 is 0 Å². The number of nitrogens with one attached hydrogen (secondary N) is 2. The molecule has 2 N–H and O–H groups in total. The molecule has 9 heteroatoms. The van der Waals surface area contributed by atoms with Crippen molar-refractivity contribution in [3.8, 4) is 5.75 Å². The molecular formula is C20H21Cl2N3O3S. The molecule has 0 aliphatic heterocycles. The predicted molar refractivity (Wildman–Crippen MR) is 119 cm³/mol. The molecule has 2 aromatic carbocycles. The Hall–Kier alpha value is -2.48. The van der Waals surface area contributed by atoms with Crippen molar-refractivity contribution in [2.75, 3.05) is 23.2 Å². The van der Waals surface area contributed by atoms with Crippen molar-refractivity contribution in [2.24, 2.45) is 0 Å². The number of halogens is 2. The van der Waals surface area contributed by atoms with Crippen LogP contribution in [0.4, 0.5) is 11.4 Å². The van der Waals surface area contributed by atoms with E-state index in [4.69, 9.17) is 16.3 Å². The fraction of sp³-hybridized carbons (Fsp3) is 0.150. The first-order valence-corrected chi connectivity index (χ1v) is 10.5. The van der Waals surface area contributed by atoms with E-state index in [-0.39, 0.29) is 22.3 Å². The molecule has 0 saturated heterocycles. The van der Waals surface area contributed by atoms with E-state index < -0.39 is 10.0 Å². The lowest BCUT2D eigenvalue weighted by atomic mass is 10.2. The Bertz CT molecular complexity index is 1050. The van der Waals surface area contributed by atoms with Crippen molar-refractivity contribution < 1.29 is 13.2 Å². The molecule has 0 atom stereocenters. The Labute approximate surface area is 181 Å². The van der Waals surface area contributed by atoms with Gasteiger partial charge in [0.2, 0.25) is 0 Å². The van der Waals surface area contributed by atoms with E-state index in [1.807, 2.05) is 25.1 Å². The van der Waals surface area contributed by atoms with E-state index in [1.54, 1.807) is 36.7 Å². The quantitative estimate of drug-likeness (QED) is 0.480. The van der Waals surface area contributed by atoms with Crippen molar-refractivity contribution in [2.45, 2.75) is 11.8 Å². The minimum absolute atomic E-state index is 0. The summed E-state index contributed by atoms with van der Waals surface area (Å²) in [6, 6.07) is 15.3. The first-order valence-electron chi connectivity index (χ1n) is 8.60. The molecule has 6 nitrogen and oxygen atoms in total. The summed E-state index contributed by atoms with van der Waals surface area (Å²) in [4.78, 5) is 3.99. The Morgan fingerprint density at radius 3 is 2.48 bits per heavy atom. The summed E-state index contributed by atoms with van der Waals surface area (Å²) >= 11 is 6.02. The molecule has 154 valence electrons. The van der Waals surface area contributed by atoms with Crippen LogP contribution in [0.5, 0.6) is 5.75 Å². The molecule has 3 aromatic rings. The summed E-state index contributed by atoms with van der Waals surface area (Å²) in [6.07, 6.45) is 3.42. The van der Waals surface area contributed by atoms with Crippen LogP contribution in [0.2, 0.25) is 5.02 Å². The molecule has 0 aliphatic carbocycles. The van der Waals surface area contributed by atoms with E-state index >= 15 is 0 Å². The van der Waals surface area contributed by atoms with Crippen LogP contribution in [-0.2, 0) is 10.0 Å². The van der Waals surface area contributed by atoms with Crippen LogP contribution in [0.15, 0.2) is 71.9 Å². The van der Waals surface area contributed by atoms with Crippen molar-refractivity contribution in [3.05, 3.63) is 77.6 Å². The van der Waals surface area contributed by atoms with Gasteiger partial charge in [0.25, 0.3) is 10.0 Å². The molecule has 29 heavy (non-hydrogen) atoms. The van der Waals surface area contributed by atoms with Crippen molar-refractivity contribution >= 4 is 45.4 Å². The fourth-order valence-electron chi connectivity index (χ4n) is 2.60.